The lowest BCUT2D eigenvalue weighted by molar-refractivity contribution is -0.145. The van der Waals surface area contributed by atoms with Crippen molar-refractivity contribution in [1.29, 1.82) is 0 Å². The summed E-state index contributed by atoms with van der Waals surface area (Å²) in [7, 11) is 3.14. The zero-order chi connectivity index (χ0) is 10.1. The summed E-state index contributed by atoms with van der Waals surface area (Å²) in [6, 6.07) is 0. The second kappa shape index (κ2) is 8.34. The first kappa shape index (κ1) is 12.7. The average molecular weight is 208 g/mol. The molecule has 0 spiro atoms. The average Bonchev–Trinajstić information content (AvgIpc) is 2.12. The van der Waals surface area contributed by atoms with E-state index in [9.17, 15) is 4.79 Å². The number of rotatable bonds is 7. The van der Waals surface area contributed by atoms with Crippen LogP contribution in [0, 0.1) is 0 Å². The summed E-state index contributed by atoms with van der Waals surface area (Å²) in [6.45, 7) is 0.687. The molecule has 0 aliphatic heterocycles. The molecule has 13 heavy (non-hydrogen) atoms. The minimum atomic E-state index is -0.217. The van der Waals surface area contributed by atoms with Gasteiger partial charge in [0.2, 0.25) is 0 Å². The van der Waals surface area contributed by atoms with Crippen LogP contribution in [-0.4, -0.2) is 51.5 Å². The van der Waals surface area contributed by atoms with Gasteiger partial charge < -0.3 is 14.2 Å². The fourth-order valence-corrected chi connectivity index (χ4v) is 1.03. The molecule has 0 aliphatic carbocycles. The summed E-state index contributed by atoms with van der Waals surface area (Å²) in [6.07, 6.45) is 1.68. The number of thioether (sulfide) groups is 1. The monoisotopic (exact) mass is 208 g/mol. The summed E-state index contributed by atoms with van der Waals surface area (Å²) >= 11 is 1.44. The molecular weight excluding hydrogens is 192 g/mol. The molecule has 1 atom stereocenters. The van der Waals surface area contributed by atoms with Crippen LogP contribution in [0.25, 0.3) is 0 Å². The normalized spacial score (nSPS) is 12.5. The molecular formula is C8H16O4S. The Labute approximate surface area is 82.9 Å². The van der Waals surface area contributed by atoms with E-state index >= 15 is 0 Å². The van der Waals surface area contributed by atoms with Crippen molar-refractivity contribution in [3.63, 3.8) is 0 Å². The summed E-state index contributed by atoms with van der Waals surface area (Å²) in [5, 5.41) is 0. The van der Waals surface area contributed by atoms with E-state index in [0.29, 0.717) is 12.4 Å². The third kappa shape index (κ3) is 6.86. The molecule has 4 nitrogen and oxygen atoms in total. The molecule has 1 unspecified atom stereocenters. The van der Waals surface area contributed by atoms with Crippen molar-refractivity contribution in [1.82, 2.24) is 0 Å². The number of carbonyl (C=O) groups is 1. The van der Waals surface area contributed by atoms with Gasteiger partial charge in [-0.25, -0.2) is 0 Å². The lowest BCUT2D eigenvalue weighted by atomic mass is 10.4. The van der Waals surface area contributed by atoms with E-state index in [2.05, 4.69) is 0 Å². The summed E-state index contributed by atoms with van der Waals surface area (Å²) in [5.74, 6) is 0.161. The molecule has 0 aliphatic rings. The maximum absolute atomic E-state index is 10.9. The molecule has 0 heterocycles. The second-order valence-electron chi connectivity index (χ2n) is 2.43. The molecule has 0 saturated carbocycles. The fourth-order valence-electron chi connectivity index (χ4n) is 0.715. The Morgan fingerprint density at radius 2 is 2.08 bits per heavy atom. The molecule has 78 valence electrons. The van der Waals surface area contributed by atoms with Gasteiger partial charge in [-0.3, -0.25) is 4.79 Å². The topological polar surface area (TPSA) is 44.8 Å². The zero-order valence-electron chi connectivity index (χ0n) is 8.24. The van der Waals surface area contributed by atoms with Gasteiger partial charge in [0.1, 0.15) is 12.7 Å². The number of hydrogen-bond acceptors (Lipinski definition) is 5. The predicted molar refractivity (Wildman–Crippen MR) is 52.0 cm³/mol. The third-order valence-corrected chi connectivity index (χ3v) is 1.90. The Kier molecular flexibility index (Phi) is 8.18. The number of methoxy groups -OCH3 is 2. The highest BCUT2D eigenvalue weighted by Crippen LogP contribution is 1.96. The molecule has 0 radical (unpaired) electrons. The number of ether oxygens (including phenoxy) is 3. The van der Waals surface area contributed by atoms with E-state index in [4.69, 9.17) is 14.2 Å². The molecule has 0 bridgehead atoms. The van der Waals surface area contributed by atoms with E-state index in [1.54, 1.807) is 14.2 Å². The van der Waals surface area contributed by atoms with Crippen LogP contribution in [-0.2, 0) is 19.0 Å². The van der Waals surface area contributed by atoms with Crippen LogP contribution in [0.3, 0.4) is 0 Å². The van der Waals surface area contributed by atoms with E-state index in [0.717, 1.165) is 0 Å². The Hall–Kier alpha value is -0.260. The molecule has 0 aromatic heterocycles. The minimum absolute atomic E-state index is 0.171. The van der Waals surface area contributed by atoms with Gasteiger partial charge in [-0.05, 0) is 6.26 Å². The molecule has 0 aromatic carbocycles. The predicted octanol–water partition coefficient (Wildman–Crippen LogP) is 0.554. The highest BCUT2D eigenvalue weighted by atomic mass is 32.2. The van der Waals surface area contributed by atoms with Crippen LogP contribution in [0.4, 0.5) is 0 Å². The molecule has 0 N–H and O–H groups in total. The van der Waals surface area contributed by atoms with E-state index in [1.165, 1.54) is 11.8 Å². The van der Waals surface area contributed by atoms with Crippen molar-refractivity contribution < 1.29 is 19.0 Å². The van der Waals surface area contributed by atoms with Gasteiger partial charge >= 0.3 is 5.97 Å². The van der Waals surface area contributed by atoms with Crippen molar-refractivity contribution >= 4 is 17.7 Å². The SMILES string of the molecule is COCC(COC(=O)CSC)OC. The van der Waals surface area contributed by atoms with Crippen LogP contribution in [0.2, 0.25) is 0 Å². The second-order valence-corrected chi connectivity index (χ2v) is 3.30. The van der Waals surface area contributed by atoms with Crippen molar-refractivity contribution in [2.75, 3.05) is 39.4 Å². The van der Waals surface area contributed by atoms with Crippen molar-refractivity contribution in [3.05, 3.63) is 0 Å². The van der Waals surface area contributed by atoms with Gasteiger partial charge in [0.15, 0.2) is 0 Å². The van der Waals surface area contributed by atoms with Crippen LogP contribution < -0.4 is 0 Å². The molecule has 5 heteroatoms. The van der Waals surface area contributed by atoms with Gasteiger partial charge in [-0.2, -0.15) is 11.8 Å². The first-order chi connectivity index (χ1) is 6.24. The maximum atomic E-state index is 10.9. The smallest absolute Gasteiger partial charge is 0.315 e. The highest BCUT2D eigenvalue weighted by Gasteiger charge is 2.09. The quantitative estimate of drug-likeness (QED) is 0.572. The van der Waals surface area contributed by atoms with E-state index in [-0.39, 0.29) is 18.7 Å². The van der Waals surface area contributed by atoms with E-state index < -0.39 is 0 Å². The molecule has 0 rings (SSSR count). The Bertz CT molecular complexity index is 140. The summed E-state index contributed by atoms with van der Waals surface area (Å²) < 4.78 is 14.8. The fraction of sp³-hybridized carbons (Fsp3) is 0.875. The van der Waals surface area contributed by atoms with E-state index in [1.807, 2.05) is 6.26 Å². The van der Waals surface area contributed by atoms with Gasteiger partial charge in [0.05, 0.1) is 12.4 Å². The largest absolute Gasteiger partial charge is 0.462 e. The minimum Gasteiger partial charge on any atom is -0.462 e. The number of hydrogen-bond donors (Lipinski definition) is 0. The molecule has 0 amide bonds. The third-order valence-electron chi connectivity index (χ3n) is 1.38. The van der Waals surface area contributed by atoms with Crippen LogP contribution >= 0.6 is 11.8 Å². The van der Waals surface area contributed by atoms with Gasteiger partial charge in [0.25, 0.3) is 0 Å². The van der Waals surface area contributed by atoms with Crippen molar-refractivity contribution in [2.45, 2.75) is 6.10 Å². The Balaban J connectivity index is 3.52. The maximum Gasteiger partial charge on any atom is 0.315 e. The summed E-state index contributed by atoms with van der Waals surface area (Å²) in [5.41, 5.74) is 0. The van der Waals surface area contributed by atoms with Gasteiger partial charge in [0, 0.05) is 14.2 Å². The van der Waals surface area contributed by atoms with Crippen LogP contribution in [0.5, 0.6) is 0 Å². The summed E-state index contributed by atoms with van der Waals surface area (Å²) in [4.78, 5) is 10.9. The zero-order valence-corrected chi connectivity index (χ0v) is 9.06. The standard InChI is InChI=1S/C8H16O4S/c1-10-4-7(11-2)5-12-8(9)6-13-3/h7H,4-6H2,1-3H3. The lowest BCUT2D eigenvalue weighted by Gasteiger charge is -2.13. The molecule has 0 fully saturated rings. The van der Waals surface area contributed by atoms with Crippen LogP contribution in [0.15, 0.2) is 0 Å². The van der Waals surface area contributed by atoms with Crippen LogP contribution in [0.1, 0.15) is 0 Å². The molecule has 0 aromatic rings. The van der Waals surface area contributed by atoms with Crippen molar-refractivity contribution in [2.24, 2.45) is 0 Å². The first-order valence-electron chi connectivity index (χ1n) is 3.90. The first-order valence-corrected chi connectivity index (χ1v) is 5.30. The number of carbonyl (C=O) groups excluding carboxylic acids is 1. The Morgan fingerprint density at radius 1 is 1.38 bits per heavy atom. The number of esters is 1. The van der Waals surface area contributed by atoms with Crippen molar-refractivity contribution in [3.8, 4) is 0 Å². The Morgan fingerprint density at radius 3 is 2.54 bits per heavy atom. The molecule has 0 saturated heterocycles. The van der Waals surface area contributed by atoms with Gasteiger partial charge in [-0.1, -0.05) is 0 Å². The lowest BCUT2D eigenvalue weighted by Crippen LogP contribution is -2.25. The highest BCUT2D eigenvalue weighted by molar-refractivity contribution is 7.99. The van der Waals surface area contributed by atoms with Gasteiger partial charge in [-0.15, -0.1) is 0 Å².